The Hall–Kier alpha value is -1.95. The average molecular weight is 211 g/mol. The standard InChI is InChI=1S/C9H9NO5/c11-5-6-1-2-8(10(14)15)3-7(6)4-9(12)13/h1-3,11H,4-5H2,(H,12,13). The summed E-state index contributed by atoms with van der Waals surface area (Å²) in [6, 6.07) is 3.76. The molecule has 0 aromatic heterocycles. The minimum atomic E-state index is -1.09. The van der Waals surface area contributed by atoms with Crippen molar-refractivity contribution < 1.29 is 19.9 Å². The van der Waals surface area contributed by atoms with Gasteiger partial charge in [-0.3, -0.25) is 14.9 Å². The Bertz CT molecular complexity index is 401. The number of nitro groups is 1. The van der Waals surface area contributed by atoms with Crippen LogP contribution in [-0.4, -0.2) is 21.1 Å². The Morgan fingerprint density at radius 3 is 2.53 bits per heavy atom. The zero-order chi connectivity index (χ0) is 11.4. The van der Waals surface area contributed by atoms with Gasteiger partial charge in [0, 0.05) is 12.1 Å². The van der Waals surface area contributed by atoms with Gasteiger partial charge in [-0.2, -0.15) is 0 Å². The van der Waals surface area contributed by atoms with Crippen LogP contribution in [0, 0.1) is 10.1 Å². The first-order valence-corrected chi connectivity index (χ1v) is 4.13. The van der Waals surface area contributed by atoms with Gasteiger partial charge in [-0.25, -0.2) is 0 Å². The molecule has 0 radical (unpaired) electrons. The van der Waals surface area contributed by atoms with Crippen molar-refractivity contribution in [2.45, 2.75) is 13.0 Å². The molecule has 0 aliphatic carbocycles. The number of aliphatic hydroxyl groups is 1. The van der Waals surface area contributed by atoms with E-state index >= 15 is 0 Å². The topological polar surface area (TPSA) is 101 Å². The van der Waals surface area contributed by atoms with Gasteiger partial charge in [0.2, 0.25) is 0 Å². The van der Waals surface area contributed by atoms with Crippen molar-refractivity contribution in [2.24, 2.45) is 0 Å². The minimum absolute atomic E-state index is 0.177. The maximum atomic E-state index is 10.5. The van der Waals surface area contributed by atoms with Crippen LogP contribution in [0.5, 0.6) is 0 Å². The highest BCUT2D eigenvalue weighted by Crippen LogP contribution is 2.18. The van der Waals surface area contributed by atoms with Crippen LogP contribution in [0.15, 0.2) is 18.2 Å². The van der Waals surface area contributed by atoms with Crippen molar-refractivity contribution in [2.75, 3.05) is 0 Å². The predicted octanol–water partition coefficient (Wildman–Crippen LogP) is 0.714. The number of carbonyl (C=O) groups is 1. The van der Waals surface area contributed by atoms with Crippen LogP contribution in [0.2, 0.25) is 0 Å². The number of hydrogen-bond acceptors (Lipinski definition) is 4. The molecule has 0 fully saturated rings. The maximum Gasteiger partial charge on any atom is 0.307 e. The van der Waals surface area contributed by atoms with Gasteiger partial charge in [0.1, 0.15) is 0 Å². The zero-order valence-corrected chi connectivity index (χ0v) is 7.71. The molecule has 2 N–H and O–H groups in total. The van der Waals surface area contributed by atoms with Crippen LogP contribution in [0.3, 0.4) is 0 Å². The van der Waals surface area contributed by atoms with Crippen LogP contribution in [0.1, 0.15) is 11.1 Å². The molecule has 0 unspecified atom stereocenters. The summed E-state index contributed by atoms with van der Waals surface area (Å²) in [6.07, 6.45) is -0.336. The molecule has 1 rings (SSSR count). The van der Waals surface area contributed by atoms with Crippen molar-refractivity contribution in [1.82, 2.24) is 0 Å². The smallest absolute Gasteiger partial charge is 0.307 e. The molecule has 0 aliphatic heterocycles. The molecule has 0 heterocycles. The van der Waals surface area contributed by atoms with Crippen molar-refractivity contribution in [1.29, 1.82) is 0 Å². The minimum Gasteiger partial charge on any atom is -0.481 e. The van der Waals surface area contributed by atoms with E-state index in [4.69, 9.17) is 10.2 Å². The molecule has 0 aliphatic rings. The number of nitro benzene ring substituents is 1. The average Bonchev–Trinajstić information content (AvgIpc) is 2.16. The lowest BCUT2D eigenvalue weighted by Gasteiger charge is -2.04. The number of benzene rings is 1. The Morgan fingerprint density at radius 1 is 1.40 bits per heavy atom. The molecule has 0 atom stereocenters. The Balaban J connectivity index is 3.12. The summed E-state index contributed by atoms with van der Waals surface area (Å²) in [5.41, 5.74) is 0.477. The van der Waals surface area contributed by atoms with Gasteiger partial charge in [0.15, 0.2) is 0 Å². The number of aliphatic carboxylic acids is 1. The maximum absolute atomic E-state index is 10.5. The molecule has 80 valence electrons. The van der Waals surface area contributed by atoms with Gasteiger partial charge < -0.3 is 10.2 Å². The van der Waals surface area contributed by atoms with E-state index in [1.807, 2.05) is 0 Å². The zero-order valence-electron chi connectivity index (χ0n) is 7.71. The van der Waals surface area contributed by atoms with Crippen molar-refractivity contribution in [3.05, 3.63) is 39.4 Å². The van der Waals surface area contributed by atoms with Gasteiger partial charge in [0.05, 0.1) is 18.0 Å². The molecular weight excluding hydrogens is 202 g/mol. The van der Waals surface area contributed by atoms with E-state index in [0.717, 1.165) is 0 Å². The van der Waals surface area contributed by atoms with E-state index in [9.17, 15) is 14.9 Å². The molecule has 1 aromatic rings. The molecule has 0 bridgehead atoms. The lowest BCUT2D eigenvalue weighted by Crippen LogP contribution is -2.04. The van der Waals surface area contributed by atoms with E-state index in [-0.39, 0.29) is 24.3 Å². The van der Waals surface area contributed by atoms with Gasteiger partial charge in [-0.05, 0) is 17.2 Å². The first kappa shape index (κ1) is 11.1. The number of non-ortho nitro benzene ring substituents is 1. The van der Waals surface area contributed by atoms with Crippen LogP contribution < -0.4 is 0 Å². The number of carboxylic acid groups (broad SMARTS) is 1. The molecule has 6 heteroatoms. The number of nitrogens with zero attached hydrogens (tertiary/aromatic N) is 1. The first-order chi connectivity index (χ1) is 7.04. The highest BCUT2D eigenvalue weighted by molar-refractivity contribution is 5.71. The fraction of sp³-hybridized carbons (Fsp3) is 0.222. The summed E-state index contributed by atoms with van der Waals surface area (Å²) in [5, 5.41) is 27.9. The van der Waals surface area contributed by atoms with Crippen LogP contribution in [-0.2, 0) is 17.8 Å². The van der Waals surface area contributed by atoms with Gasteiger partial charge in [-0.1, -0.05) is 0 Å². The monoisotopic (exact) mass is 211 g/mol. The molecular formula is C9H9NO5. The third kappa shape index (κ3) is 2.75. The summed E-state index contributed by atoms with van der Waals surface area (Å²) in [6.45, 7) is -0.333. The van der Waals surface area contributed by atoms with Crippen molar-refractivity contribution in [3.63, 3.8) is 0 Å². The summed E-state index contributed by atoms with van der Waals surface area (Å²) < 4.78 is 0. The fourth-order valence-electron chi connectivity index (χ4n) is 1.21. The second kappa shape index (κ2) is 4.52. The number of aliphatic hydroxyl groups excluding tert-OH is 1. The molecule has 0 spiro atoms. The molecule has 0 amide bonds. The largest absolute Gasteiger partial charge is 0.481 e. The number of hydrogen-bond donors (Lipinski definition) is 2. The van der Waals surface area contributed by atoms with E-state index in [0.29, 0.717) is 5.56 Å². The van der Waals surface area contributed by atoms with Gasteiger partial charge in [-0.15, -0.1) is 0 Å². The number of rotatable bonds is 4. The summed E-state index contributed by atoms with van der Waals surface area (Å²) >= 11 is 0. The lowest BCUT2D eigenvalue weighted by atomic mass is 10.0. The molecule has 0 saturated heterocycles. The fourth-order valence-corrected chi connectivity index (χ4v) is 1.21. The lowest BCUT2D eigenvalue weighted by molar-refractivity contribution is -0.384. The molecule has 15 heavy (non-hydrogen) atoms. The van der Waals surface area contributed by atoms with Crippen molar-refractivity contribution in [3.8, 4) is 0 Å². The number of carboxylic acids is 1. The Kier molecular flexibility index (Phi) is 3.35. The first-order valence-electron chi connectivity index (χ1n) is 4.13. The Morgan fingerprint density at radius 2 is 2.07 bits per heavy atom. The third-order valence-corrected chi connectivity index (χ3v) is 1.91. The molecule has 1 aromatic carbocycles. The van der Waals surface area contributed by atoms with Crippen LogP contribution in [0.4, 0.5) is 5.69 Å². The van der Waals surface area contributed by atoms with E-state index in [1.165, 1.54) is 18.2 Å². The normalized spacial score (nSPS) is 9.93. The third-order valence-electron chi connectivity index (χ3n) is 1.91. The SMILES string of the molecule is O=C(O)Cc1cc([N+](=O)[O-])ccc1CO. The Labute approximate surface area is 84.9 Å². The quantitative estimate of drug-likeness (QED) is 0.564. The highest BCUT2D eigenvalue weighted by atomic mass is 16.6. The predicted molar refractivity (Wildman–Crippen MR) is 50.4 cm³/mol. The van der Waals surface area contributed by atoms with E-state index < -0.39 is 10.9 Å². The van der Waals surface area contributed by atoms with E-state index in [2.05, 4.69) is 0 Å². The molecule has 6 nitrogen and oxygen atoms in total. The molecule has 0 saturated carbocycles. The second-order valence-corrected chi connectivity index (χ2v) is 2.94. The van der Waals surface area contributed by atoms with Crippen molar-refractivity contribution >= 4 is 11.7 Å². The van der Waals surface area contributed by atoms with E-state index in [1.54, 1.807) is 0 Å². The summed E-state index contributed by atoms with van der Waals surface area (Å²) in [4.78, 5) is 20.3. The van der Waals surface area contributed by atoms with Gasteiger partial charge in [0.25, 0.3) is 5.69 Å². The van der Waals surface area contributed by atoms with Crippen LogP contribution >= 0.6 is 0 Å². The second-order valence-electron chi connectivity index (χ2n) is 2.94. The highest BCUT2D eigenvalue weighted by Gasteiger charge is 2.12. The van der Waals surface area contributed by atoms with Gasteiger partial charge >= 0.3 is 5.97 Å². The summed E-state index contributed by atoms with van der Waals surface area (Å²) in [7, 11) is 0. The summed E-state index contributed by atoms with van der Waals surface area (Å²) in [5.74, 6) is -1.09. The van der Waals surface area contributed by atoms with Crippen LogP contribution in [0.25, 0.3) is 0 Å².